The molecule has 1 atom stereocenters. The van der Waals surface area contributed by atoms with E-state index < -0.39 is 0 Å². The predicted molar refractivity (Wildman–Crippen MR) is 101 cm³/mol. The van der Waals surface area contributed by atoms with Crippen LogP contribution in [0.25, 0.3) is 5.70 Å². The Morgan fingerprint density at radius 1 is 1.30 bits per heavy atom. The molecule has 0 fully saturated rings. The third-order valence-corrected chi connectivity index (χ3v) is 4.50. The molecule has 1 aliphatic heterocycles. The maximum Gasteiger partial charge on any atom is 0.132 e. The zero-order valence-electron chi connectivity index (χ0n) is 15.0. The highest BCUT2D eigenvalue weighted by Gasteiger charge is 2.18. The van der Waals surface area contributed by atoms with Gasteiger partial charge in [0.25, 0.3) is 0 Å². The number of amidine groups is 1. The number of rotatable bonds is 5. The lowest BCUT2D eigenvalue weighted by Gasteiger charge is -2.14. The second-order valence-corrected chi connectivity index (χ2v) is 6.45. The zero-order valence-corrected chi connectivity index (χ0v) is 15.0. The molecule has 3 N–H and O–H groups in total. The van der Waals surface area contributed by atoms with E-state index in [0.717, 1.165) is 36.4 Å². The zero-order chi connectivity index (χ0) is 17.0. The molecule has 0 amide bonds. The van der Waals surface area contributed by atoms with E-state index in [2.05, 4.69) is 55.4 Å². The number of aryl methyl sites for hydroxylation is 2. The number of nitrogens with zero attached hydrogens (tertiary/aromatic N) is 1. The van der Waals surface area contributed by atoms with Gasteiger partial charge in [0.2, 0.25) is 0 Å². The Morgan fingerprint density at radius 2 is 2.04 bits per heavy atom. The van der Waals surface area contributed by atoms with Crippen LogP contribution in [0.1, 0.15) is 48.9 Å². The number of hydrogen-bond acceptors (Lipinski definition) is 2. The Morgan fingerprint density at radius 3 is 2.61 bits per heavy atom. The van der Waals surface area contributed by atoms with E-state index in [1.165, 1.54) is 22.3 Å². The van der Waals surface area contributed by atoms with E-state index in [4.69, 9.17) is 5.73 Å². The summed E-state index contributed by atoms with van der Waals surface area (Å²) in [6.07, 6.45) is 7.56. The molecule has 0 spiro atoms. The molecule has 1 aliphatic rings. The summed E-state index contributed by atoms with van der Waals surface area (Å²) in [6, 6.07) is 4.90. The molecule has 124 valence electrons. The van der Waals surface area contributed by atoms with Crippen LogP contribution in [0.3, 0.4) is 0 Å². The number of benzene rings is 1. The highest BCUT2D eigenvalue weighted by atomic mass is 15.0. The van der Waals surface area contributed by atoms with Crippen molar-refractivity contribution in [1.82, 2.24) is 5.32 Å². The first-order chi connectivity index (χ1) is 11.0. The minimum absolute atomic E-state index is 0.279. The summed E-state index contributed by atoms with van der Waals surface area (Å²) in [6.45, 7) is 8.50. The first kappa shape index (κ1) is 17.5. The lowest BCUT2D eigenvalue weighted by atomic mass is 9.94. The monoisotopic (exact) mass is 311 g/mol. The second kappa shape index (κ2) is 7.60. The number of nitrogens with two attached hydrogens (primary N) is 1. The maximum absolute atomic E-state index is 5.86. The molecule has 1 aromatic carbocycles. The van der Waals surface area contributed by atoms with Crippen LogP contribution in [-0.2, 0) is 6.42 Å². The van der Waals surface area contributed by atoms with E-state index in [1.54, 1.807) is 0 Å². The molecular formula is C20H29N3. The minimum atomic E-state index is 0.279. The minimum Gasteiger partial charge on any atom is -0.340 e. The Bertz CT molecular complexity index is 664. The molecular weight excluding hydrogens is 282 g/mol. The molecule has 0 aromatic heterocycles. The molecule has 3 heteroatoms. The van der Waals surface area contributed by atoms with Crippen molar-refractivity contribution < 1.29 is 0 Å². The molecule has 23 heavy (non-hydrogen) atoms. The van der Waals surface area contributed by atoms with Gasteiger partial charge in [0.05, 0.1) is 0 Å². The fourth-order valence-electron chi connectivity index (χ4n) is 3.00. The Hall–Kier alpha value is -1.87. The molecule has 1 heterocycles. The largest absolute Gasteiger partial charge is 0.340 e. The molecule has 2 rings (SSSR count). The van der Waals surface area contributed by atoms with Crippen molar-refractivity contribution in [2.45, 2.75) is 53.0 Å². The van der Waals surface area contributed by atoms with Crippen molar-refractivity contribution in [3.8, 4) is 0 Å². The lowest BCUT2D eigenvalue weighted by Crippen LogP contribution is -2.17. The number of aliphatic imine (C=N–C) groups is 1. The summed E-state index contributed by atoms with van der Waals surface area (Å²) in [7, 11) is 1.82. The van der Waals surface area contributed by atoms with E-state index in [1.807, 2.05) is 14.0 Å². The van der Waals surface area contributed by atoms with Gasteiger partial charge in [-0.2, -0.15) is 0 Å². The van der Waals surface area contributed by atoms with Crippen molar-refractivity contribution in [2.75, 3.05) is 7.05 Å². The quantitative estimate of drug-likeness (QED) is 0.866. The highest BCUT2D eigenvalue weighted by molar-refractivity contribution is 6.11. The van der Waals surface area contributed by atoms with E-state index in [-0.39, 0.29) is 6.04 Å². The summed E-state index contributed by atoms with van der Waals surface area (Å²) >= 11 is 0. The van der Waals surface area contributed by atoms with Gasteiger partial charge >= 0.3 is 0 Å². The fourth-order valence-corrected chi connectivity index (χ4v) is 3.00. The van der Waals surface area contributed by atoms with Crippen LogP contribution >= 0.6 is 0 Å². The first-order valence-electron chi connectivity index (χ1n) is 8.44. The second-order valence-electron chi connectivity index (χ2n) is 6.45. The molecule has 3 nitrogen and oxygen atoms in total. The van der Waals surface area contributed by atoms with Gasteiger partial charge in [-0.25, -0.2) is 0 Å². The number of nitrogens with one attached hydrogen (secondary N) is 1. The van der Waals surface area contributed by atoms with Gasteiger partial charge in [-0.3, -0.25) is 4.99 Å². The van der Waals surface area contributed by atoms with E-state index in [9.17, 15) is 0 Å². The van der Waals surface area contributed by atoms with Crippen molar-refractivity contribution >= 4 is 11.5 Å². The summed E-state index contributed by atoms with van der Waals surface area (Å²) < 4.78 is 0. The van der Waals surface area contributed by atoms with Crippen LogP contribution < -0.4 is 11.1 Å². The molecule has 0 bridgehead atoms. The van der Waals surface area contributed by atoms with Crippen LogP contribution in [0.5, 0.6) is 0 Å². The average molecular weight is 311 g/mol. The summed E-state index contributed by atoms with van der Waals surface area (Å²) in [4.78, 5) is 4.33. The average Bonchev–Trinajstić information content (AvgIpc) is 2.93. The van der Waals surface area contributed by atoms with Gasteiger partial charge in [0.1, 0.15) is 5.84 Å². The normalized spacial score (nSPS) is 19.1. The smallest absolute Gasteiger partial charge is 0.132 e. The third kappa shape index (κ3) is 4.11. The molecule has 0 radical (unpaired) electrons. The first-order valence-corrected chi connectivity index (χ1v) is 8.44. The van der Waals surface area contributed by atoms with Gasteiger partial charge in [0, 0.05) is 29.9 Å². The molecule has 0 aliphatic carbocycles. The molecule has 0 saturated carbocycles. The fraction of sp³-hybridized carbons (Fsp3) is 0.450. The van der Waals surface area contributed by atoms with Crippen molar-refractivity contribution in [3.05, 3.63) is 52.1 Å². The SMILES string of the molecule is C/C=C1/C=C(c2cc(CCCC(C)N)cc(C)c2C)NC1=NC. The highest BCUT2D eigenvalue weighted by Crippen LogP contribution is 2.27. The van der Waals surface area contributed by atoms with Crippen LogP contribution in [0, 0.1) is 13.8 Å². The van der Waals surface area contributed by atoms with Crippen molar-refractivity contribution in [1.29, 1.82) is 0 Å². The van der Waals surface area contributed by atoms with Crippen molar-refractivity contribution in [3.63, 3.8) is 0 Å². The Labute approximate surface area is 140 Å². The van der Waals surface area contributed by atoms with Crippen LogP contribution in [0.4, 0.5) is 0 Å². The lowest BCUT2D eigenvalue weighted by molar-refractivity contribution is 0.624. The van der Waals surface area contributed by atoms with Crippen LogP contribution in [-0.4, -0.2) is 18.9 Å². The van der Waals surface area contributed by atoms with Gasteiger partial charge in [-0.05, 0) is 75.8 Å². The number of allylic oxidation sites excluding steroid dienone is 1. The Kier molecular flexibility index (Phi) is 5.78. The predicted octanol–water partition coefficient (Wildman–Crippen LogP) is 3.89. The Balaban J connectivity index is 2.30. The van der Waals surface area contributed by atoms with Gasteiger partial charge in [-0.1, -0.05) is 12.1 Å². The summed E-state index contributed by atoms with van der Waals surface area (Å²) in [5, 5.41) is 3.45. The van der Waals surface area contributed by atoms with E-state index in [0.29, 0.717) is 0 Å². The van der Waals surface area contributed by atoms with E-state index >= 15 is 0 Å². The van der Waals surface area contributed by atoms with Crippen molar-refractivity contribution in [2.24, 2.45) is 10.7 Å². The molecule has 1 aromatic rings. The third-order valence-electron chi connectivity index (χ3n) is 4.50. The molecule has 0 saturated heterocycles. The summed E-state index contributed by atoms with van der Waals surface area (Å²) in [5.41, 5.74) is 13.5. The van der Waals surface area contributed by atoms with Gasteiger partial charge in [0.15, 0.2) is 0 Å². The standard InChI is InChI=1S/C20H29N3/c1-6-17-12-19(23-20(17)22-5)18-11-16(9-7-8-14(3)21)10-13(2)15(18)4/h6,10-12,14H,7-9,21H2,1-5H3,(H,22,23)/b17-6-. The van der Waals surface area contributed by atoms with Gasteiger partial charge in [-0.15, -0.1) is 0 Å². The number of hydrogen-bond donors (Lipinski definition) is 2. The van der Waals surface area contributed by atoms with Crippen LogP contribution in [0.15, 0.2) is 34.9 Å². The topological polar surface area (TPSA) is 50.4 Å². The maximum atomic E-state index is 5.86. The molecule has 1 unspecified atom stereocenters. The summed E-state index contributed by atoms with van der Waals surface area (Å²) in [5.74, 6) is 0.946. The van der Waals surface area contributed by atoms with Crippen LogP contribution in [0.2, 0.25) is 0 Å². The van der Waals surface area contributed by atoms with Gasteiger partial charge < -0.3 is 11.1 Å².